The minimum Gasteiger partial charge on any atom is -0.486 e. The number of carbonyl (C=O) groups excluding carboxylic acids is 1. The number of hydrogen-bond acceptors (Lipinski definition) is 8. The van der Waals surface area contributed by atoms with Crippen molar-refractivity contribution in [3.05, 3.63) is 82.1 Å². The molecule has 1 aliphatic heterocycles. The van der Waals surface area contributed by atoms with Crippen LogP contribution in [0.5, 0.6) is 11.5 Å². The molecular weight excluding hydrogens is 534 g/mol. The summed E-state index contributed by atoms with van der Waals surface area (Å²) in [7, 11) is 0. The summed E-state index contributed by atoms with van der Waals surface area (Å²) >= 11 is 10.5. The molecule has 0 radical (unpaired) electrons. The third-order valence-electron chi connectivity index (χ3n) is 5.82. The number of Topliss-reactive ketones (excluding diaryl/α,β-unsaturated/α-hetero) is 1. The maximum absolute atomic E-state index is 13.1. The van der Waals surface area contributed by atoms with Crippen molar-refractivity contribution in [1.82, 2.24) is 14.8 Å². The average Bonchev–Trinajstić information content (AvgIpc) is 3.46. The number of carbonyl (C=O) groups is 1. The second-order valence-electron chi connectivity index (χ2n) is 8.35. The Bertz CT molecular complexity index is 1370. The van der Waals surface area contributed by atoms with E-state index in [0.29, 0.717) is 18.9 Å². The Morgan fingerprint density at radius 1 is 1.08 bits per heavy atom. The van der Waals surface area contributed by atoms with E-state index >= 15 is 0 Å². The van der Waals surface area contributed by atoms with Crippen LogP contribution in [0.2, 0.25) is 5.02 Å². The standard InChI is InChI=1S/C26H24ClN3O3S3/c1-16-11-21(17(2)30(16)12-20-13-32-23-5-3-4-6-24(23)33-20)22(31)15-35-26-29-28-25(36-26)34-14-18-7-9-19(27)10-8-18/h3-11,20H,12-15H2,1-2H3/t20-/m1/s1. The van der Waals surface area contributed by atoms with Gasteiger partial charge in [0.05, 0.1) is 12.3 Å². The second kappa shape index (κ2) is 11.3. The Labute approximate surface area is 227 Å². The maximum atomic E-state index is 13.1. The van der Waals surface area contributed by atoms with E-state index in [4.69, 9.17) is 21.1 Å². The van der Waals surface area contributed by atoms with Crippen LogP contribution in [0.4, 0.5) is 0 Å². The molecule has 0 fully saturated rings. The van der Waals surface area contributed by atoms with E-state index in [1.807, 2.05) is 68.4 Å². The summed E-state index contributed by atoms with van der Waals surface area (Å²) in [5.41, 5.74) is 3.88. The lowest BCUT2D eigenvalue weighted by molar-refractivity contribution is 0.0777. The van der Waals surface area contributed by atoms with Gasteiger partial charge in [0.1, 0.15) is 6.61 Å². The number of fused-ring (bicyclic) bond motifs is 1. The highest BCUT2D eigenvalue weighted by atomic mass is 35.5. The number of ketones is 1. The molecule has 186 valence electrons. The Morgan fingerprint density at radius 3 is 2.58 bits per heavy atom. The van der Waals surface area contributed by atoms with E-state index in [1.54, 1.807) is 11.8 Å². The van der Waals surface area contributed by atoms with Crippen molar-refractivity contribution in [3.63, 3.8) is 0 Å². The Hall–Kier alpha value is -2.46. The van der Waals surface area contributed by atoms with Crippen molar-refractivity contribution >= 4 is 52.2 Å². The van der Waals surface area contributed by atoms with Gasteiger partial charge in [-0.15, -0.1) is 10.2 Å². The van der Waals surface area contributed by atoms with Crippen LogP contribution in [0, 0.1) is 13.8 Å². The summed E-state index contributed by atoms with van der Waals surface area (Å²) in [4.78, 5) is 13.1. The molecule has 6 nitrogen and oxygen atoms in total. The molecule has 1 atom stereocenters. The highest BCUT2D eigenvalue weighted by Gasteiger charge is 2.24. The fourth-order valence-corrected chi connectivity index (χ4v) is 6.95. The van der Waals surface area contributed by atoms with Gasteiger partial charge in [0.2, 0.25) is 0 Å². The van der Waals surface area contributed by atoms with Crippen molar-refractivity contribution in [1.29, 1.82) is 0 Å². The highest BCUT2D eigenvalue weighted by molar-refractivity contribution is 8.03. The fraction of sp³-hybridized carbons (Fsp3) is 0.269. The van der Waals surface area contributed by atoms with E-state index in [9.17, 15) is 4.79 Å². The summed E-state index contributed by atoms with van der Waals surface area (Å²) in [5.74, 6) is 2.72. The van der Waals surface area contributed by atoms with E-state index < -0.39 is 0 Å². The van der Waals surface area contributed by atoms with Gasteiger partial charge in [-0.05, 0) is 49.7 Å². The number of thioether (sulfide) groups is 2. The van der Waals surface area contributed by atoms with Crippen LogP contribution in [-0.4, -0.2) is 39.0 Å². The number of aromatic nitrogens is 3. The van der Waals surface area contributed by atoms with Gasteiger partial charge in [0, 0.05) is 27.7 Å². The SMILES string of the molecule is Cc1cc(C(=O)CSc2nnc(SCc3ccc(Cl)cc3)s2)c(C)n1C[C@@H]1COc2ccccc2O1. The van der Waals surface area contributed by atoms with Crippen molar-refractivity contribution < 1.29 is 14.3 Å². The minimum atomic E-state index is -0.118. The number of benzene rings is 2. The number of ether oxygens (including phenoxy) is 2. The van der Waals surface area contributed by atoms with Gasteiger partial charge >= 0.3 is 0 Å². The molecule has 36 heavy (non-hydrogen) atoms. The molecule has 2 aromatic carbocycles. The van der Waals surface area contributed by atoms with Crippen molar-refractivity contribution in [2.45, 2.75) is 40.9 Å². The molecule has 0 bridgehead atoms. The number of hydrogen-bond donors (Lipinski definition) is 0. The van der Waals surface area contributed by atoms with E-state index in [1.165, 1.54) is 28.7 Å². The summed E-state index contributed by atoms with van der Waals surface area (Å²) in [6.45, 7) is 5.10. The van der Waals surface area contributed by atoms with Crippen LogP contribution in [-0.2, 0) is 12.3 Å². The predicted octanol–water partition coefficient (Wildman–Crippen LogP) is 6.72. The monoisotopic (exact) mass is 557 g/mol. The summed E-state index contributed by atoms with van der Waals surface area (Å²) in [5, 5.41) is 9.24. The molecule has 0 N–H and O–H groups in total. The van der Waals surface area contributed by atoms with Crippen molar-refractivity contribution in [2.75, 3.05) is 12.4 Å². The Morgan fingerprint density at radius 2 is 1.81 bits per heavy atom. The molecule has 0 spiro atoms. The van der Waals surface area contributed by atoms with Gasteiger partial charge in [0.15, 0.2) is 32.1 Å². The number of halogens is 1. The molecule has 5 rings (SSSR count). The van der Waals surface area contributed by atoms with Gasteiger partial charge in [-0.1, -0.05) is 70.7 Å². The lowest BCUT2D eigenvalue weighted by atomic mass is 10.2. The molecule has 0 aliphatic carbocycles. The summed E-state index contributed by atoms with van der Waals surface area (Å²) in [6.07, 6.45) is -0.118. The zero-order valence-electron chi connectivity index (χ0n) is 19.8. The van der Waals surface area contributed by atoms with Crippen LogP contribution in [0.25, 0.3) is 0 Å². The highest BCUT2D eigenvalue weighted by Crippen LogP contribution is 2.33. The third kappa shape index (κ3) is 5.91. The van der Waals surface area contributed by atoms with Crippen LogP contribution >= 0.6 is 46.5 Å². The van der Waals surface area contributed by atoms with Gasteiger partial charge < -0.3 is 14.0 Å². The van der Waals surface area contributed by atoms with Crippen LogP contribution in [0.1, 0.15) is 27.3 Å². The van der Waals surface area contributed by atoms with Gasteiger partial charge in [0.25, 0.3) is 0 Å². The topological polar surface area (TPSA) is 66.2 Å². The first-order valence-electron chi connectivity index (χ1n) is 11.4. The van der Waals surface area contributed by atoms with Crippen LogP contribution in [0.3, 0.4) is 0 Å². The van der Waals surface area contributed by atoms with Crippen LogP contribution < -0.4 is 9.47 Å². The number of aryl methyl sites for hydroxylation is 1. The first-order valence-corrected chi connectivity index (χ1v) is 14.5. The molecule has 3 heterocycles. The van der Waals surface area contributed by atoms with Gasteiger partial charge in [-0.25, -0.2) is 0 Å². The Balaban J connectivity index is 1.16. The third-order valence-corrected chi connectivity index (χ3v) is 9.33. The molecule has 0 saturated carbocycles. The van der Waals surface area contributed by atoms with Crippen molar-refractivity contribution in [3.8, 4) is 11.5 Å². The molecule has 1 aliphatic rings. The fourth-order valence-electron chi connectivity index (χ4n) is 3.97. The normalized spacial score (nSPS) is 14.7. The second-order valence-corrected chi connectivity index (χ2v) is 12.2. The zero-order chi connectivity index (χ0) is 25.1. The summed E-state index contributed by atoms with van der Waals surface area (Å²) < 4.78 is 15.8. The maximum Gasteiger partial charge on any atom is 0.175 e. The first-order chi connectivity index (χ1) is 17.5. The lowest BCUT2D eigenvalue weighted by Crippen LogP contribution is -2.33. The minimum absolute atomic E-state index is 0.0797. The predicted molar refractivity (Wildman–Crippen MR) is 146 cm³/mol. The largest absolute Gasteiger partial charge is 0.486 e. The summed E-state index contributed by atoms with van der Waals surface area (Å²) in [6, 6.07) is 17.4. The van der Waals surface area contributed by atoms with Gasteiger partial charge in [-0.2, -0.15) is 0 Å². The van der Waals surface area contributed by atoms with Crippen LogP contribution in [0.15, 0.2) is 63.3 Å². The zero-order valence-corrected chi connectivity index (χ0v) is 23.0. The number of para-hydroxylation sites is 2. The first kappa shape index (κ1) is 25.2. The van der Waals surface area contributed by atoms with E-state index in [0.717, 1.165) is 47.9 Å². The molecule has 10 heteroatoms. The molecular formula is C26H24ClN3O3S3. The molecule has 4 aromatic rings. The smallest absolute Gasteiger partial charge is 0.175 e. The van der Waals surface area contributed by atoms with E-state index in [-0.39, 0.29) is 11.9 Å². The van der Waals surface area contributed by atoms with Crippen molar-refractivity contribution in [2.24, 2.45) is 0 Å². The van der Waals surface area contributed by atoms with Gasteiger partial charge in [-0.3, -0.25) is 4.79 Å². The number of nitrogens with zero attached hydrogens (tertiary/aromatic N) is 3. The number of rotatable bonds is 9. The quantitative estimate of drug-likeness (QED) is 0.167. The van der Waals surface area contributed by atoms with E-state index in [2.05, 4.69) is 14.8 Å². The lowest BCUT2D eigenvalue weighted by Gasteiger charge is -2.27. The molecule has 0 amide bonds. The molecule has 0 saturated heterocycles. The average molecular weight is 558 g/mol. The molecule has 2 aromatic heterocycles. The molecule has 0 unspecified atom stereocenters. The Kier molecular flexibility index (Phi) is 7.90.